The number of nitrogens with zero attached hydrogens (tertiary/aromatic N) is 4. The van der Waals surface area contributed by atoms with Crippen LogP contribution >= 0.6 is 15.9 Å². The van der Waals surface area contributed by atoms with Gasteiger partial charge in [-0.3, -0.25) is 14.9 Å². The molecule has 13 heteroatoms. The molecule has 29 heavy (non-hydrogen) atoms. The summed E-state index contributed by atoms with van der Waals surface area (Å²) in [5, 5.41) is 6.02. The third-order valence-electron chi connectivity index (χ3n) is 3.43. The summed E-state index contributed by atoms with van der Waals surface area (Å²) in [5.74, 6) is -2.20. The number of rotatable bonds is 5. The van der Waals surface area contributed by atoms with Gasteiger partial charge in [0.15, 0.2) is 12.4 Å². The molecule has 0 radical (unpaired) electrons. The largest absolute Gasteiger partial charge is 0.467 e. The van der Waals surface area contributed by atoms with Crippen molar-refractivity contribution in [1.29, 1.82) is 0 Å². The molecule has 0 spiro atoms. The summed E-state index contributed by atoms with van der Waals surface area (Å²) in [4.78, 5) is 31.8. The fourth-order valence-corrected chi connectivity index (χ4v) is 2.63. The van der Waals surface area contributed by atoms with Gasteiger partial charge in [0.2, 0.25) is 17.7 Å². The number of hydrogen-bond acceptors (Lipinski definition) is 6. The highest BCUT2D eigenvalue weighted by molar-refractivity contribution is 9.10. The Kier molecular flexibility index (Phi) is 5.77. The zero-order chi connectivity index (χ0) is 21.2. The molecule has 1 amide bonds. The van der Waals surface area contributed by atoms with Crippen molar-refractivity contribution in [3.05, 3.63) is 51.2 Å². The molecule has 0 aliphatic carbocycles. The topological polar surface area (TPSA) is 99.0 Å². The molecule has 0 aliphatic rings. The molecule has 1 N–H and O–H groups in total. The first-order valence-corrected chi connectivity index (χ1v) is 8.59. The number of nitrogens with one attached hydrogen (secondary N) is 1. The number of ether oxygens (including phenoxy) is 1. The Labute approximate surface area is 167 Å². The average molecular weight is 476 g/mol. The minimum atomic E-state index is -4.63. The smallest absolute Gasteiger partial charge is 0.422 e. The maximum absolute atomic E-state index is 12.8. The van der Waals surface area contributed by atoms with Crippen molar-refractivity contribution in [2.45, 2.75) is 12.7 Å². The second kappa shape index (κ2) is 8.11. The Morgan fingerprint density at radius 3 is 2.55 bits per heavy atom. The highest BCUT2D eigenvalue weighted by Crippen LogP contribution is 2.26. The molecule has 152 valence electrons. The van der Waals surface area contributed by atoms with Crippen LogP contribution in [0.2, 0.25) is 0 Å². The summed E-state index contributed by atoms with van der Waals surface area (Å²) >= 11 is 3.16. The molecule has 8 nitrogen and oxygen atoms in total. The van der Waals surface area contributed by atoms with Crippen molar-refractivity contribution in [2.75, 3.05) is 11.9 Å². The number of amides is 1. The van der Waals surface area contributed by atoms with E-state index in [0.717, 1.165) is 12.4 Å². The fourth-order valence-electron chi connectivity index (χ4n) is 2.27. The minimum Gasteiger partial charge on any atom is -0.467 e. The van der Waals surface area contributed by atoms with Gasteiger partial charge in [-0.2, -0.15) is 13.2 Å². The maximum atomic E-state index is 12.8. The molecule has 0 fully saturated rings. The van der Waals surface area contributed by atoms with Crippen molar-refractivity contribution in [3.8, 4) is 5.88 Å². The van der Waals surface area contributed by atoms with Crippen LogP contribution in [-0.2, 0) is 11.3 Å². The van der Waals surface area contributed by atoms with Crippen LogP contribution < -0.4 is 15.6 Å². The molecule has 2 heterocycles. The Morgan fingerprint density at radius 2 is 1.90 bits per heavy atom. The number of anilines is 1. The lowest BCUT2D eigenvalue weighted by Gasteiger charge is -2.13. The number of aromatic nitrogens is 4. The Bertz CT molecular complexity index is 1120. The summed E-state index contributed by atoms with van der Waals surface area (Å²) in [6, 6.07) is 4.25. The lowest BCUT2D eigenvalue weighted by atomic mass is 10.2. The van der Waals surface area contributed by atoms with Crippen molar-refractivity contribution in [3.63, 3.8) is 0 Å². The van der Waals surface area contributed by atoms with Gasteiger partial charge in [0.05, 0.1) is 23.2 Å². The van der Waals surface area contributed by atoms with E-state index in [1.807, 2.05) is 0 Å². The number of halogens is 5. The molecule has 0 unspecified atom stereocenters. The molecule has 0 bridgehead atoms. The van der Waals surface area contributed by atoms with Crippen LogP contribution in [-0.4, -0.2) is 38.4 Å². The number of hydrogen-bond donors (Lipinski definition) is 1. The van der Waals surface area contributed by atoms with Gasteiger partial charge in [0, 0.05) is 4.47 Å². The zero-order valence-electron chi connectivity index (χ0n) is 14.2. The monoisotopic (exact) mass is 475 g/mol. The standard InChI is InChI=1S/C16H10BrF4N5O3/c17-8-1-2-10-11(3-8)13(29-7-16(19,20)21)25-26(14(10)28)6-12(27)24-15-22-4-9(18)5-23-15/h1-5H,6-7H2,(H,22,23,24,27). The van der Waals surface area contributed by atoms with Crippen molar-refractivity contribution in [2.24, 2.45) is 0 Å². The van der Waals surface area contributed by atoms with Crippen LogP contribution in [0.3, 0.4) is 0 Å². The van der Waals surface area contributed by atoms with Crippen LogP contribution in [0, 0.1) is 5.82 Å². The Hall–Kier alpha value is -3.09. The average Bonchev–Trinajstić information content (AvgIpc) is 2.64. The van der Waals surface area contributed by atoms with E-state index in [2.05, 4.69) is 36.3 Å². The molecule has 1 aromatic carbocycles. The number of alkyl halides is 3. The van der Waals surface area contributed by atoms with Crippen LogP contribution in [0.1, 0.15) is 0 Å². The molecule has 0 aliphatic heterocycles. The van der Waals surface area contributed by atoms with Gasteiger partial charge in [0.25, 0.3) is 5.56 Å². The van der Waals surface area contributed by atoms with E-state index in [4.69, 9.17) is 4.74 Å². The van der Waals surface area contributed by atoms with Gasteiger partial charge in [-0.05, 0) is 18.2 Å². The number of carbonyl (C=O) groups excluding carboxylic acids is 1. The lowest BCUT2D eigenvalue weighted by molar-refractivity contribution is -0.154. The predicted octanol–water partition coefficient (Wildman–Crippen LogP) is 2.67. The van der Waals surface area contributed by atoms with Crippen molar-refractivity contribution in [1.82, 2.24) is 19.7 Å². The van der Waals surface area contributed by atoms with E-state index < -0.39 is 42.5 Å². The number of carbonyl (C=O) groups is 1. The summed E-state index contributed by atoms with van der Waals surface area (Å²) < 4.78 is 56.3. The molecule has 2 aromatic heterocycles. The van der Waals surface area contributed by atoms with Crippen molar-refractivity contribution < 1.29 is 27.1 Å². The van der Waals surface area contributed by atoms with Gasteiger partial charge < -0.3 is 4.74 Å². The molecular weight excluding hydrogens is 466 g/mol. The quantitative estimate of drug-likeness (QED) is 0.569. The summed E-state index contributed by atoms with van der Waals surface area (Å²) in [7, 11) is 0. The van der Waals surface area contributed by atoms with E-state index in [1.54, 1.807) is 0 Å². The number of benzene rings is 1. The number of fused-ring (bicyclic) bond motifs is 1. The van der Waals surface area contributed by atoms with E-state index in [9.17, 15) is 27.2 Å². The lowest BCUT2D eigenvalue weighted by Crippen LogP contribution is -2.31. The normalized spacial score (nSPS) is 11.5. The van der Waals surface area contributed by atoms with Crippen LogP contribution in [0.5, 0.6) is 5.88 Å². The Morgan fingerprint density at radius 1 is 1.21 bits per heavy atom. The maximum Gasteiger partial charge on any atom is 0.422 e. The van der Waals surface area contributed by atoms with Crippen LogP contribution in [0.4, 0.5) is 23.5 Å². The van der Waals surface area contributed by atoms with E-state index in [0.29, 0.717) is 9.15 Å². The highest BCUT2D eigenvalue weighted by Gasteiger charge is 2.29. The van der Waals surface area contributed by atoms with Gasteiger partial charge in [-0.1, -0.05) is 15.9 Å². The summed E-state index contributed by atoms with van der Waals surface area (Å²) in [6.45, 7) is -2.29. The van der Waals surface area contributed by atoms with Crippen LogP contribution in [0.25, 0.3) is 10.8 Å². The van der Waals surface area contributed by atoms with E-state index >= 15 is 0 Å². The van der Waals surface area contributed by atoms with Gasteiger partial charge >= 0.3 is 6.18 Å². The van der Waals surface area contributed by atoms with Gasteiger partial charge in [-0.15, -0.1) is 5.10 Å². The van der Waals surface area contributed by atoms with E-state index in [-0.39, 0.29) is 16.7 Å². The third-order valence-corrected chi connectivity index (χ3v) is 3.92. The molecular formula is C16H10BrF4N5O3. The molecule has 3 rings (SSSR count). The van der Waals surface area contributed by atoms with Gasteiger partial charge in [0.1, 0.15) is 6.54 Å². The van der Waals surface area contributed by atoms with Crippen molar-refractivity contribution >= 4 is 38.6 Å². The predicted molar refractivity (Wildman–Crippen MR) is 95.9 cm³/mol. The van der Waals surface area contributed by atoms with E-state index in [1.165, 1.54) is 18.2 Å². The molecule has 0 saturated carbocycles. The minimum absolute atomic E-state index is 0.00575. The Balaban J connectivity index is 1.93. The first kappa shape index (κ1) is 20.6. The fraction of sp³-hybridized carbons (Fsp3) is 0.188. The second-order valence-electron chi connectivity index (χ2n) is 5.63. The van der Waals surface area contributed by atoms with Gasteiger partial charge in [-0.25, -0.2) is 19.0 Å². The highest BCUT2D eigenvalue weighted by atomic mass is 79.9. The summed E-state index contributed by atoms with van der Waals surface area (Å²) in [5.41, 5.74) is -0.720. The van der Waals surface area contributed by atoms with Crippen LogP contribution in [0.15, 0.2) is 39.9 Å². The summed E-state index contributed by atoms with van der Waals surface area (Å²) in [6.07, 6.45) is -2.98. The first-order chi connectivity index (χ1) is 13.6. The molecule has 3 aromatic rings. The second-order valence-corrected chi connectivity index (χ2v) is 6.55. The SMILES string of the molecule is O=C(Cn1nc(OCC(F)(F)F)c2cc(Br)ccc2c1=O)Nc1ncc(F)cn1. The zero-order valence-corrected chi connectivity index (χ0v) is 15.8. The molecule has 0 saturated heterocycles. The molecule has 0 atom stereocenters. The first-order valence-electron chi connectivity index (χ1n) is 7.80. The third kappa shape index (κ3) is 5.25.